The molecule has 3 aromatic rings. The summed E-state index contributed by atoms with van der Waals surface area (Å²) < 4.78 is 13.0. The van der Waals surface area contributed by atoms with Gasteiger partial charge in [0.05, 0.1) is 25.2 Å². The Kier molecular flexibility index (Phi) is 9.19. The average molecular weight is 497 g/mol. The lowest BCUT2D eigenvalue weighted by Gasteiger charge is -2.20. The number of ether oxygens (including phenoxy) is 2. The zero-order valence-electron chi connectivity index (χ0n) is 20.5. The SMILES string of the molecule is CCOc1ccc(-c2n[nH]c(=S)n2CCC(=O)NC(CC(=O)OC(C)C)c2ccc(C)cc2)cc1. The van der Waals surface area contributed by atoms with Crippen LogP contribution in [0.3, 0.4) is 0 Å². The second kappa shape index (κ2) is 12.3. The number of aromatic amines is 1. The van der Waals surface area contributed by atoms with Crippen molar-refractivity contribution in [2.75, 3.05) is 6.61 Å². The van der Waals surface area contributed by atoms with Gasteiger partial charge in [-0.3, -0.25) is 19.3 Å². The molecule has 35 heavy (non-hydrogen) atoms. The predicted molar refractivity (Wildman–Crippen MR) is 137 cm³/mol. The first-order valence-corrected chi connectivity index (χ1v) is 12.1. The van der Waals surface area contributed by atoms with Crippen molar-refractivity contribution in [1.82, 2.24) is 20.1 Å². The minimum Gasteiger partial charge on any atom is -0.494 e. The molecule has 8 nitrogen and oxygen atoms in total. The van der Waals surface area contributed by atoms with E-state index in [1.54, 1.807) is 18.4 Å². The van der Waals surface area contributed by atoms with E-state index >= 15 is 0 Å². The summed E-state index contributed by atoms with van der Waals surface area (Å²) in [6.07, 6.45) is -0.00416. The summed E-state index contributed by atoms with van der Waals surface area (Å²) in [5, 5.41) is 10.1. The van der Waals surface area contributed by atoms with Crippen molar-refractivity contribution in [2.45, 2.75) is 59.2 Å². The molecule has 2 aromatic carbocycles. The molecule has 0 radical (unpaired) electrons. The van der Waals surface area contributed by atoms with Gasteiger partial charge in [-0.1, -0.05) is 29.8 Å². The van der Waals surface area contributed by atoms with Crippen molar-refractivity contribution in [1.29, 1.82) is 0 Å². The molecular weight excluding hydrogens is 464 g/mol. The number of aryl methyl sites for hydroxylation is 1. The lowest BCUT2D eigenvalue weighted by atomic mass is 10.0. The number of esters is 1. The summed E-state index contributed by atoms with van der Waals surface area (Å²) in [7, 11) is 0. The Balaban J connectivity index is 1.70. The van der Waals surface area contributed by atoms with E-state index in [-0.39, 0.29) is 30.8 Å². The Morgan fingerprint density at radius 2 is 1.80 bits per heavy atom. The number of hydrogen-bond donors (Lipinski definition) is 2. The Bertz CT molecular complexity index is 1180. The predicted octanol–water partition coefficient (Wildman–Crippen LogP) is 4.90. The number of aromatic nitrogens is 3. The Morgan fingerprint density at radius 3 is 2.43 bits per heavy atom. The Morgan fingerprint density at radius 1 is 1.11 bits per heavy atom. The second-order valence-electron chi connectivity index (χ2n) is 8.48. The van der Waals surface area contributed by atoms with Crippen molar-refractivity contribution in [3.05, 3.63) is 64.4 Å². The first-order valence-electron chi connectivity index (χ1n) is 11.7. The first-order chi connectivity index (χ1) is 16.8. The zero-order valence-corrected chi connectivity index (χ0v) is 21.4. The van der Waals surface area contributed by atoms with Crippen LogP contribution in [0.2, 0.25) is 0 Å². The van der Waals surface area contributed by atoms with Gasteiger partial charge in [-0.25, -0.2) is 0 Å². The van der Waals surface area contributed by atoms with Crippen LogP contribution in [-0.2, 0) is 20.9 Å². The molecule has 186 valence electrons. The van der Waals surface area contributed by atoms with Crippen molar-refractivity contribution in [3.8, 4) is 17.1 Å². The van der Waals surface area contributed by atoms with Crippen LogP contribution in [0.1, 0.15) is 50.8 Å². The van der Waals surface area contributed by atoms with E-state index in [1.165, 1.54) is 0 Å². The zero-order chi connectivity index (χ0) is 25.4. The van der Waals surface area contributed by atoms with Gasteiger partial charge in [0.1, 0.15) is 5.75 Å². The third-order valence-corrected chi connectivity index (χ3v) is 5.61. The monoisotopic (exact) mass is 496 g/mol. The topological polar surface area (TPSA) is 98.2 Å². The van der Waals surface area contributed by atoms with Gasteiger partial charge in [0.25, 0.3) is 0 Å². The maximum atomic E-state index is 12.9. The summed E-state index contributed by atoms with van der Waals surface area (Å²) in [5.74, 6) is 0.852. The van der Waals surface area contributed by atoms with Gasteiger partial charge in [0.15, 0.2) is 10.6 Å². The number of nitrogens with zero attached hydrogens (tertiary/aromatic N) is 2. The number of benzene rings is 2. The van der Waals surface area contributed by atoms with E-state index in [2.05, 4.69) is 15.5 Å². The lowest BCUT2D eigenvalue weighted by Crippen LogP contribution is -2.31. The molecule has 1 heterocycles. The number of amides is 1. The van der Waals surface area contributed by atoms with Crippen LogP contribution in [0.25, 0.3) is 11.4 Å². The minimum absolute atomic E-state index is 0.0511. The molecule has 0 fully saturated rings. The Labute approximate surface area is 210 Å². The van der Waals surface area contributed by atoms with Crippen LogP contribution in [-0.4, -0.2) is 39.4 Å². The van der Waals surface area contributed by atoms with Gasteiger partial charge >= 0.3 is 5.97 Å². The fraction of sp³-hybridized carbons (Fsp3) is 0.385. The largest absolute Gasteiger partial charge is 0.494 e. The third kappa shape index (κ3) is 7.51. The molecule has 9 heteroatoms. The fourth-order valence-corrected chi connectivity index (χ4v) is 3.84. The number of H-pyrrole nitrogens is 1. The molecule has 2 N–H and O–H groups in total. The van der Waals surface area contributed by atoms with E-state index in [9.17, 15) is 9.59 Å². The first kappa shape index (κ1) is 26.2. The normalized spacial score (nSPS) is 11.8. The molecule has 1 amide bonds. The minimum atomic E-state index is -0.489. The summed E-state index contributed by atoms with van der Waals surface area (Å²) >= 11 is 5.39. The van der Waals surface area contributed by atoms with E-state index in [0.29, 0.717) is 23.7 Å². The van der Waals surface area contributed by atoms with Gasteiger partial charge < -0.3 is 14.8 Å². The molecule has 0 aliphatic heterocycles. The molecule has 3 rings (SSSR count). The summed E-state index contributed by atoms with van der Waals surface area (Å²) in [6, 6.07) is 14.8. The molecule has 0 spiro atoms. The summed E-state index contributed by atoms with van der Waals surface area (Å²) in [5.41, 5.74) is 2.80. The number of carbonyl (C=O) groups is 2. The van der Waals surface area contributed by atoms with Gasteiger partial charge in [0.2, 0.25) is 5.91 Å². The number of rotatable bonds is 11. The highest BCUT2D eigenvalue weighted by atomic mass is 32.1. The molecule has 1 unspecified atom stereocenters. The maximum Gasteiger partial charge on any atom is 0.308 e. The van der Waals surface area contributed by atoms with Crippen molar-refractivity contribution in [3.63, 3.8) is 0 Å². The molecule has 0 bridgehead atoms. The lowest BCUT2D eigenvalue weighted by molar-refractivity contribution is -0.148. The van der Waals surface area contributed by atoms with Gasteiger partial charge in [-0.15, -0.1) is 0 Å². The number of nitrogens with one attached hydrogen (secondary N) is 2. The van der Waals surface area contributed by atoms with Crippen molar-refractivity contribution < 1.29 is 19.1 Å². The molecule has 0 saturated heterocycles. The van der Waals surface area contributed by atoms with E-state index in [1.807, 2.05) is 62.4 Å². The maximum absolute atomic E-state index is 12.9. The van der Waals surface area contributed by atoms with Crippen molar-refractivity contribution >= 4 is 24.1 Å². The summed E-state index contributed by atoms with van der Waals surface area (Å²) in [4.78, 5) is 25.2. The van der Waals surface area contributed by atoms with Crippen molar-refractivity contribution in [2.24, 2.45) is 0 Å². The van der Waals surface area contributed by atoms with Gasteiger partial charge in [0, 0.05) is 18.5 Å². The highest BCUT2D eigenvalue weighted by Crippen LogP contribution is 2.22. The molecule has 1 aromatic heterocycles. The quantitative estimate of drug-likeness (QED) is 0.289. The molecule has 1 atom stereocenters. The molecule has 0 saturated carbocycles. The molecule has 0 aliphatic carbocycles. The van der Waals surface area contributed by atoms with Crippen LogP contribution >= 0.6 is 12.2 Å². The Hall–Kier alpha value is -3.46. The van der Waals surface area contributed by atoms with Crippen LogP contribution in [0, 0.1) is 11.7 Å². The van der Waals surface area contributed by atoms with E-state index < -0.39 is 6.04 Å². The second-order valence-corrected chi connectivity index (χ2v) is 8.87. The highest BCUT2D eigenvalue weighted by molar-refractivity contribution is 7.71. The number of carbonyl (C=O) groups excluding carboxylic acids is 2. The smallest absolute Gasteiger partial charge is 0.308 e. The van der Waals surface area contributed by atoms with Gasteiger partial charge in [-0.2, -0.15) is 5.10 Å². The fourth-order valence-electron chi connectivity index (χ4n) is 3.62. The van der Waals surface area contributed by atoms with Gasteiger partial charge in [-0.05, 0) is 69.7 Å². The van der Waals surface area contributed by atoms with E-state index in [0.717, 1.165) is 22.4 Å². The standard InChI is InChI=1S/C26H32N4O4S/c1-5-33-21-12-10-20(11-13-21)25-28-29-26(35)30(25)15-14-23(31)27-22(16-24(32)34-17(2)3)19-8-6-18(4)7-9-19/h6-13,17,22H,5,14-16H2,1-4H3,(H,27,31)(H,29,35). The summed E-state index contributed by atoms with van der Waals surface area (Å²) in [6.45, 7) is 8.44. The number of hydrogen-bond acceptors (Lipinski definition) is 6. The van der Waals surface area contributed by atoms with Crippen LogP contribution < -0.4 is 10.1 Å². The van der Waals surface area contributed by atoms with Crippen LogP contribution in [0.5, 0.6) is 5.75 Å². The molecule has 0 aliphatic rings. The third-order valence-electron chi connectivity index (χ3n) is 5.30. The highest BCUT2D eigenvalue weighted by Gasteiger charge is 2.20. The average Bonchev–Trinajstić information content (AvgIpc) is 3.18. The molecular formula is C26H32N4O4S. The van der Waals surface area contributed by atoms with E-state index in [4.69, 9.17) is 21.7 Å². The van der Waals surface area contributed by atoms with Crippen LogP contribution in [0.4, 0.5) is 0 Å². The van der Waals surface area contributed by atoms with Crippen LogP contribution in [0.15, 0.2) is 48.5 Å².